The molecule has 0 aromatic heterocycles. The number of amides is 4. The first kappa shape index (κ1) is 12.6. The SMILES string of the molecule is COCCNC(=O)N1CC(N2C(=O)COC2=O)C1. The van der Waals surface area contributed by atoms with Gasteiger partial charge >= 0.3 is 12.1 Å². The van der Waals surface area contributed by atoms with Crippen LogP contribution in [0, 0.1) is 0 Å². The van der Waals surface area contributed by atoms with Gasteiger partial charge in [-0.25, -0.2) is 14.5 Å². The number of hydrogen-bond acceptors (Lipinski definition) is 5. The van der Waals surface area contributed by atoms with Crippen LogP contribution in [-0.4, -0.2) is 73.8 Å². The molecule has 8 nitrogen and oxygen atoms in total. The largest absolute Gasteiger partial charge is 0.439 e. The maximum atomic E-state index is 11.6. The zero-order valence-electron chi connectivity index (χ0n) is 10.0. The van der Waals surface area contributed by atoms with Crippen molar-refractivity contribution in [1.82, 2.24) is 15.1 Å². The Bertz CT molecular complexity index is 351. The predicted molar refractivity (Wildman–Crippen MR) is 58.8 cm³/mol. The maximum Gasteiger partial charge on any atom is 0.417 e. The smallest absolute Gasteiger partial charge is 0.417 e. The van der Waals surface area contributed by atoms with Crippen molar-refractivity contribution in [2.24, 2.45) is 0 Å². The van der Waals surface area contributed by atoms with Crippen molar-refractivity contribution >= 4 is 18.0 Å². The van der Waals surface area contributed by atoms with Crippen LogP contribution >= 0.6 is 0 Å². The highest BCUT2D eigenvalue weighted by Crippen LogP contribution is 2.19. The first-order chi connectivity index (χ1) is 8.63. The van der Waals surface area contributed by atoms with E-state index in [0.717, 1.165) is 4.90 Å². The standard InChI is InChI=1S/C10H15N3O5/c1-17-3-2-11-9(15)12-4-7(5-12)13-8(14)6-18-10(13)16/h7H,2-6H2,1H3,(H,11,15). The fraction of sp³-hybridized carbons (Fsp3) is 0.700. The molecule has 0 saturated carbocycles. The number of nitrogens with one attached hydrogen (secondary N) is 1. The van der Waals surface area contributed by atoms with E-state index < -0.39 is 6.09 Å². The van der Waals surface area contributed by atoms with E-state index in [9.17, 15) is 14.4 Å². The van der Waals surface area contributed by atoms with E-state index in [4.69, 9.17) is 4.74 Å². The number of cyclic esters (lactones) is 1. The second kappa shape index (κ2) is 5.21. The third-order valence-corrected chi connectivity index (χ3v) is 2.88. The molecule has 0 aromatic rings. The van der Waals surface area contributed by atoms with Crippen LogP contribution in [0.2, 0.25) is 0 Å². The molecule has 2 saturated heterocycles. The highest BCUT2D eigenvalue weighted by atomic mass is 16.6. The minimum Gasteiger partial charge on any atom is -0.439 e. The second-order valence-corrected chi connectivity index (χ2v) is 4.10. The van der Waals surface area contributed by atoms with E-state index in [0.29, 0.717) is 26.2 Å². The monoisotopic (exact) mass is 257 g/mol. The fourth-order valence-corrected chi connectivity index (χ4v) is 1.87. The molecule has 1 N–H and O–H groups in total. The van der Waals surface area contributed by atoms with E-state index in [1.54, 1.807) is 7.11 Å². The predicted octanol–water partition coefficient (Wildman–Crippen LogP) is -0.995. The molecule has 2 aliphatic heterocycles. The van der Waals surface area contributed by atoms with Crippen LogP contribution in [0.15, 0.2) is 0 Å². The Kier molecular flexibility index (Phi) is 3.66. The second-order valence-electron chi connectivity index (χ2n) is 4.10. The number of ether oxygens (including phenoxy) is 2. The van der Waals surface area contributed by atoms with Gasteiger partial charge in [-0.1, -0.05) is 0 Å². The van der Waals surface area contributed by atoms with Crippen LogP contribution in [-0.2, 0) is 14.3 Å². The van der Waals surface area contributed by atoms with Gasteiger partial charge in [0.1, 0.15) is 0 Å². The van der Waals surface area contributed by atoms with E-state index in [1.165, 1.54) is 4.90 Å². The highest BCUT2D eigenvalue weighted by Gasteiger charge is 2.44. The Morgan fingerprint density at radius 1 is 1.50 bits per heavy atom. The van der Waals surface area contributed by atoms with Crippen molar-refractivity contribution in [3.63, 3.8) is 0 Å². The number of hydrogen-bond donors (Lipinski definition) is 1. The summed E-state index contributed by atoms with van der Waals surface area (Å²) < 4.78 is 9.42. The quantitative estimate of drug-likeness (QED) is 0.653. The zero-order valence-corrected chi connectivity index (χ0v) is 10.0. The van der Waals surface area contributed by atoms with Gasteiger partial charge < -0.3 is 19.7 Å². The number of likely N-dealkylation sites (tertiary alicyclic amines) is 1. The molecular weight excluding hydrogens is 242 g/mol. The summed E-state index contributed by atoms with van der Waals surface area (Å²) in [5.74, 6) is -0.343. The number of carbonyl (C=O) groups excluding carboxylic acids is 3. The third-order valence-electron chi connectivity index (χ3n) is 2.88. The van der Waals surface area contributed by atoms with Crippen molar-refractivity contribution in [3.05, 3.63) is 0 Å². The average molecular weight is 257 g/mol. The Morgan fingerprint density at radius 2 is 2.22 bits per heavy atom. The number of rotatable bonds is 4. The fourth-order valence-electron chi connectivity index (χ4n) is 1.87. The molecule has 0 aliphatic carbocycles. The van der Waals surface area contributed by atoms with E-state index in [1.807, 2.05) is 0 Å². The number of urea groups is 1. The van der Waals surface area contributed by atoms with Crippen molar-refractivity contribution in [2.45, 2.75) is 6.04 Å². The summed E-state index contributed by atoms with van der Waals surface area (Å²) in [6.07, 6.45) is -0.621. The maximum absolute atomic E-state index is 11.6. The lowest BCUT2D eigenvalue weighted by molar-refractivity contribution is -0.129. The van der Waals surface area contributed by atoms with Crippen LogP contribution in [0.25, 0.3) is 0 Å². The van der Waals surface area contributed by atoms with Crippen molar-refractivity contribution in [1.29, 1.82) is 0 Å². The van der Waals surface area contributed by atoms with Gasteiger partial charge in [-0.2, -0.15) is 0 Å². The molecular formula is C10H15N3O5. The molecule has 2 heterocycles. The van der Waals surface area contributed by atoms with Crippen LogP contribution < -0.4 is 5.32 Å². The molecule has 100 valence electrons. The summed E-state index contributed by atoms with van der Waals surface area (Å²) >= 11 is 0. The summed E-state index contributed by atoms with van der Waals surface area (Å²) in [6.45, 7) is 1.37. The average Bonchev–Trinajstić information content (AvgIpc) is 2.59. The zero-order chi connectivity index (χ0) is 13.1. The Hall–Kier alpha value is -1.83. The van der Waals surface area contributed by atoms with Gasteiger partial charge in [0.15, 0.2) is 6.61 Å². The van der Waals surface area contributed by atoms with Crippen molar-refractivity contribution < 1.29 is 23.9 Å². The summed E-state index contributed by atoms with van der Waals surface area (Å²) in [6, 6.07) is -0.482. The molecule has 0 bridgehead atoms. The molecule has 18 heavy (non-hydrogen) atoms. The number of nitrogens with zero attached hydrogens (tertiary/aromatic N) is 2. The van der Waals surface area contributed by atoms with E-state index in [2.05, 4.69) is 10.1 Å². The number of imide groups is 1. The van der Waals surface area contributed by atoms with Crippen molar-refractivity contribution in [2.75, 3.05) is 40.0 Å². The highest BCUT2D eigenvalue weighted by molar-refractivity contribution is 5.98. The molecule has 2 aliphatic rings. The van der Waals surface area contributed by atoms with Gasteiger partial charge in [0.2, 0.25) is 0 Å². The molecule has 0 radical (unpaired) electrons. The van der Waals surface area contributed by atoms with E-state index in [-0.39, 0.29) is 24.6 Å². The summed E-state index contributed by atoms with van der Waals surface area (Å²) in [5, 5.41) is 2.66. The molecule has 0 atom stereocenters. The molecule has 0 spiro atoms. The number of carbonyl (C=O) groups is 3. The van der Waals surface area contributed by atoms with Gasteiger partial charge in [0.25, 0.3) is 5.91 Å². The van der Waals surface area contributed by atoms with Gasteiger partial charge in [0.05, 0.1) is 12.6 Å². The van der Waals surface area contributed by atoms with Gasteiger partial charge in [-0.15, -0.1) is 0 Å². The molecule has 0 aromatic carbocycles. The molecule has 2 rings (SSSR count). The van der Waals surface area contributed by atoms with E-state index >= 15 is 0 Å². The van der Waals surface area contributed by atoms with Gasteiger partial charge in [0, 0.05) is 26.7 Å². The van der Waals surface area contributed by atoms with Crippen LogP contribution in [0.4, 0.5) is 9.59 Å². The molecule has 0 unspecified atom stereocenters. The summed E-state index contributed by atoms with van der Waals surface area (Å²) in [7, 11) is 1.55. The molecule has 4 amide bonds. The normalized spacial score (nSPS) is 19.8. The summed E-state index contributed by atoms with van der Waals surface area (Å²) in [5.41, 5.74) is 0. The first-order valence-corrected chi connectivity index (χ1v) is 5.64. The Morgan fingerprint density at radius 3 is 2.78 bits per heavy atom. The Balaban J connectivity index is 1.75. The minimum absolute atomic E-state index is 0.199. The summed E-state index contributed by atoms with van der Waals surface area (Å²) in [4.78, 5) is 36.8. The van der Waals surface area contributed by atoms with Crippen LogP contribution in [0.3, 0.4) is 0 Å². The lowest BCUT2D eigenvalue weighted by atomic mass is 10.1. The van der Waals surface area contributed by atoms with Gasteiger partial charge in [-0.3, -0.25) is 4.79 Å². The topological polar surface area (TPSA) is 88.2 Å². The first-order valence-electron chi connectivity index (χ1n) is 5.64. The minimum atomic E-state index is -0.621. The van der Waals surface area contributed by atoms with Gasteiger partial charge in [-0.05, 0) is 0 Å². The van der Waals surface area contributed by atoms with Crippen molar-refractivity contribution in [3.8, 4) is 0 Å². The third kappa shape index (κ3) is 2.37. The van der Waals surface area contributed by atoms with Crippen LogP contribution in [0.5, 0.6) is 0 Å². The lowest BCUT2D eigenvalue weighted by Crippen LogP contribution is -2.64. The van der Waals surface area contributed by atoms with Crippen LogP contribution in [0.1, 0.15) is 0 Å². The lowest BCUT2D eigenvalue weighted by Gasteiger charge is -2.41. The molecule has 8 heteroatoms. The molecule has 2 fully saturated rings. The number of methoxy groups -OCH3 is 1. The Labute approximate surface area is 104 Å².